The van der Waals surface area contributed by atoms with E-state index in [2.05, 4.69) is 9.84 Å². The molecule has 1 aromatic heterocycles. The Bertz CT molecular complexity index is 706. The predicted molar refractivity (Wildman–Crippen MR) is 75.4 cm³/mol. The summed E-state index contributed by atoms with van der Waals surface area (Å²) in [5, 5.41) is 15.2. The third kappa shape index (κ3) is 2.91. The van der Waals surface area contributed by atoms with E-state index in [4.69, 9.17) is 0 Å². The normalized spacial score (nSPS) is 10.4. The SMILES string of the molecule is COC(=O)Cc1c(C)nn(-c2cccc([N+](=O)[O-])c2)c1C. The molecule has 0 spiro atoms. The zero-order chi connectivity index (χ0) is 15.6. The van der Waals surface area contributed by atoms with Gasteiger partial charge in [-0.2, -0.15) is 5.10 Å². The Labute approximate surface area is 121 Å². The molecule has 1 heterocycles. The molecule has 0 radical (unpaired) electrons. The smallest absolute Gasteiger partial charge is 0.310 e. The van der Waals surface area contributed by atoms with Gasteiger partial charge >= 0.3 is 5.97 Å². The number of benzene rings is 1. The zero-order valence-electron chi connectivity index (χ0n) is 12.0. The summed E-state index contributed by atoms with van der Waals surface area (Å²) in [6.45, 7) is 3.61. The van der Waals surface area contributed by atoms with Gasteiger partial charge in [-0.25, -0.2) is 4.68 Å². The molecule has 0 saturated carbocycles. The number of aromatic nitrogens is 2. The first-order valence-corrected chi connectivity index (χ1v) is 6.30. The molecular weight excluding hydrogens is 274 g/mol. The molecule has 0 atom stereocenters. The zero-order valence-corrected chi connectivity index (χ0v) is 12.0. The van der Waals surface area contributed by atoms with Gasteiger partial charge in [0, 0.05) is 23.4 Å². The number of nitro benzene ring substituents is 1. The first kappa shape index (κ1) is 14.7. The van der Waals surface area contributed by atoms with Gasteiger partial charge in [0.25, 0.3) is 5.69 Å². The standard InChI is InChI=1S/C14H15N3O4/c1-9-13(8-14(18)21-3)10(2)16(15-9)11-5-4-6-12(7-11)17(19)20/h4-7H,8H2,1-3H3. The molecule has 2 rings (SSSR count). The number of methoxy groups -OCH3 is 1. The molecule has 1 aromatic carbocycles. The highest BCUT2D eigenvalue weighted by Crippen LogP contribution is 2.21. The highest BCUT2D eigenvalue weighted by Gasteiger charge is 2.17. The number of nitrogens with zero attached hydrogens (tertiary/aromatic N) is 3. The Morgan fingerprint density at radius 2 is 2.14 bits per heavy atom. The third-order valence-corrected chi connectivity index (χ3v) is 3.28. The van der Waals surface area contributed by atoms with E-state index in [-0.39, 0.29) is 18.1 Å². The van der Waals surface area contributed by atoms with E-state index in [1.807, 2.05) is 6.92 Å². The van der Waals surface area contributed by atoms with E-state index >= 15 is 0 Å². The molecule has 0 aliphatic heterocycles. The van der Waals surface area contributed by atoms with E-state index in [0.717, 1.165) is 11.3 Å². The number of ether oxygens (including phenoxy) is 1. The van der Waals surface area contributed by atoms with Crippen LogP contribution in [0.25, 0.3) is 5.69 Å². The minimum absolute atomic E-state index is 0.00503. The van der Waals surface area contributed by atoms with Crippen molar-refractivity contribution in [3.05, 3.63) is 51.3 Å². The van der Waals surface area contributed by atoms with E-state index in [9.17, 15) is 14.9 Å². The lowest BCUT2D eigenvalue weighted by atomic mass is 10.1. The Morgan fingerprint density at radius 3 is 2.76 bits per heavy atom. The van der Waals surface area contributed by atoms with Crippen molar-refractivity contribution in [2.24, 2.45) is 0 Å². The maximum absolute atomic E-state index is 11.4. The fourth-order valence-electron chi connectivity index (χ4n) is 2.14. The number of non-ortho nitro benzene ring substituents is 1. The van der Waals surface area contributed by atoms with E-state index in [1.54, 1.807) is 23.7 Å². The van der Waals surface area contributed by atoms with Crippen LogP contribution in [0, 0.1) is 24.0 Å². The van der Waals surface area contributed by atoms with Crippen molar-refractivity contribution in [2.75, 3.05) is 7.11 Å². The molecule has 0 aliphatic rings. The van der Waals surface area contributed by atoms with Crippen LogP contribution in [0.5, 0.6) is 0 Å². The number of carbonyl (C=O) groups excluding carboxylic acids is 1. The van der Waals surface area contributed by atoms with Crippen LogP contribution >= 0.6 is 0 Å². The monoisotopic (exact) mass is 289 g/mol. The van der Waals surface area contributed by atoms with Crippen molar-refractivity contribution in [1.29, 1.82) is 0 Å². The summed E-state index contributed by atoms with van der Waals surface area (Å²) >= 11 is 0. The maximum atomic E-state index is 11.4. The van der Waals surface area contributed by atoms with Gasteiger partial charge in [-0.05, 0) is 19.9 Å². The highest BCUT2D eigenvalue weighted by atomic mass is 16.6. The summed E-state index contributed by atoms with van der Waals surface area (Å²) in [6, 6.07) is 6.20. The second-order valence-corrected chi connectivity index (χ2v) is 4.59. The number of hydrogen-bond donors (Lipinski definition) is 0. The molecule has 0 bridgehead atoms. The quantitative estimate of drug-likeness (QED) is 0.488. The lowest BCUT2D eigenvalue weighted by molar-refractivity contribution is -0.384. The Balaban J connectivity index is 2.46. The molecule has 21 heavy (non-hydrogen) atoms. The van der Waals surface area contributed by atoms with Gasteiger partial charge in [0.15, 0.2) is 0 Å². The summed E-state index contributed by atoms with van der Waals surface area (Å²) in [5.41, 5.74) is 2.81. The number of esters is 1. The second-order valence-electron chi connectivity index (χ2n) is 4.59. The van der Waals surface area contributed by atoms with Crippen LogP contribution < -0.4 is 0 Å². The Morgan fingerprint density at radius 1 is 1.43 bits per heavy atom. The summed E-state index contributed by atoms with van der Waals surface area (Å²) in [6.07, 6.45) is 0.128. The molecule has 7 nitrogen and oxygen atoms in total. The van der Waals surface area contributed by atoms with Gasteiger partial charge in [-0.1, -0.05) is 6.07 Å². The lowest BCUT2D eigenvalue weighted by Gasteiger charge is -2.05. The van der Waals surface area contributed by atoms with E-state index in [0.29, 0.717) is 11.4 Å². The van der Waals surface area contributed by atoms with Gasteiger partial charge in [-0.15, -0.1) is 0 Å². The Hall–Kier alpha value is -2.70. The molecule has 7 heteroatoms. The lowest BCUT2D eigenvalue weighted by Crippen LogP contribution is -2.06. The fourth-order valence-corrected chi connectivity index (χ4v) is 2.14. The number of aryl methyl sites for hydroxylation is 1. The minimum Gasteiger partial charge on any atom is -0.469 e. The van der Waals surface area contributed by atoms with Crippen LogP contribution in [-0.4, -0.2) is 27.8 Å². The number of nitro groups is 1. The van der Waals surface area contributed by atoms with Crippen LogP contribution in [0.2, 0.25) is 0 Å². The van der Waals surface area contributed by atoms with Gasteiger partial charge in [0.2, 0.25) is 0 Å². The Kier molecular flexibility index (Phi) is 4.02. The molecule has 0 amide bonds. The number of hydrogen-bond acceptors (Lipinski definition) is 5. The van der Waals surface area contributed by atoms with Crippen molar-refractivity contribution in [3.63, 3.8) is 0 Å². The van der Waals surface area contributed by atoms with Crippen molar-refractivity contribution in [2.45, 2.75) is 20.3 Å². The topological polar surface area (TPSA) is 87.3 Å². The average molecular weight is 289 g/mol. The van der Waals surface area contributed by atoms with Gasteiger partial charge in [0.1, 0.15) is 0 Å². The van der Waals surface area contributed by atoms with Gasteiger partial charge < -0.3 is 4.74 Å². The first-order chi connectivity index (χ1) is 9.93. The fraction of sp³-hybridized carbons (Fsp3) is 0.286. The molecule has 2 aromatic rings. The van der Waals surface area contributed by atoms with E-state index < -0.39 is 4.92 Å². The second kappa shape index (κ2) is 5.74. The highest BCUT2D eigenvalue weighted by molar-refractivity contribution is 5.73. The molecule has 0 N–H and O–H groups in total. The summed E-state index contributed by atoms with van der Waals surface area (Å²) in [7, 11) is 1.33. The molecule has 0 unspecified atom stereocenters. The summed E-state index contributed by atoms with van der Waals surface area (Å²) in [5.74, 6) is -0.347. The number of rotatable bonds is 4. The van der Waals surface area contributed by atoms with Crippen molar-refractivity contribution in [1.82, 2.24) is 9.78 Å². The third-order valence-electron chi connectivity index (χ3n) is 3.28. The van der Waals surface area contributed by atoms with Crippen LogP contribution in [0.15, 0.2) is 24.3 Å². The van der Waals surface area contributed by atoms with Crippen molar-refractivity contribution >= 4 is 11.7 Å². The summed E-state index contributed by atoms with van der Waals surface area (Å²) in [4.78, 5) is 21.8. The summed E-state index contributed by atoms with van der Waals surface area (Å²) < 4.78 is 6.26. The van der Waals surface area contributed by atoms with Gasteiger partial charge in [0.05, 0.1) is 29.8 Å². The average Bonchev–Trinajstić information content (AvgIpc) is 2.75. The first-order valence-electron chi connectivity index (χ1n) is 6.30. The molecule has 0 aliphatic carbocycles. The number of carbonyl (C=O) groups is 1. The predicted octanol–water partition coefficient (Wildman–Crippen LogP) is 2.11. The van der Waals surface area contributed by atoms with Crippen LogP contribution in [0.3, 0.4) is 0 Å². The largest absolute Gasteiger partial charge is 0.469 e. The maximum Gasteiger partial charge on any atom is 0.310 e. The molecular formula is C14H15N3O4. The minimum atomic E-state index is -0.454. The van der Waals surface area contributed by atoms with Crippen LogP contribution in [-0.2, 0) is 16.0 Å². The molecule has 0 saturated heterocycles. The van der Waals surface area contributed by atoms with Crippen molar-refractivity contribution < 1.29 is 14.5 Å². The molecule has 0 fully saturated rings. The van der Waals surface area contributed by atoms with E-state index in [1.165, 1.54) is 19.2 Å². The van der Waals surface area contributed by atoms with Crippen molar-refractivity contribution in [3.8, 4) is 5.69 Å². The van der Waals surface area contributed by atoms with Crippen LogP contribution in [0.1, 0.15) is 17.0 Å². The van der Waals surface area contributed by atoms with Gasteiger partial charge in [-0.3, -0.25) is 14.9 Å². The van der Waals surface area contributed by atoms with Crippen LogP contribution in [0.4, 0.5) is 5.69 Å². The molecule has 110 valence electrons.